The van der Waals surface area contributed by atoms with Crippen molar-refractivity contribution in [2.75, 3.05) is 77.5 Å². The molecule has 42 heteroatoms. The minimum absolute atomic E-state index is 0. The summed E-state index contributed by atoms with van der Waals surface area (Å²) in [6.45, 7) is 42.7. The number of nitrogens with two attached hydrogens (primary N) is 9. The topological polar surface area (TPSA) is 523 Å². The summed E-state index contributed by atoms with van der Waals surface area (Å²) in [6.07, 6.45) is 9.21. The summed E-state index contributed by atoms with van der Waals surface area (Å²) in [6, 6.07) is 10.2. The number of thiophene rings is 8. The molecule has 0 radical (unpaired) electrons. The molecule has 18 aromatic heterocycles. The van der Waals surface area contributed by atoms with Crippen LogP contribution >= 0.6 is 114 Å². The number of furan rings is 1. The number of anilines is 9. The molecule has 690 valence electrons. The average Bonchev–Trinajstić information content (AvgIpc) is 1.61. The molecule has 0 saturated heterocycles. The Morgan fingerprint density at radius 2 is 0.710 bits per heavy atom. The summed E-state index contributed by atoms with van der Waals surface area (Å²) < 4.78 is 33.1. The largest absolute Gasteiger partial charge is 0.467 e. The monoisotopic (exact) mass is 1970 g/mol. The highest BCUT2D eigenvalue weighted by Gasteiger charge is 2.22. The van der Waals surface area contributed by atoms with Crippen LogP contribution in [-0.4, -0.2) is 124 Å². The summed E-state index contributed by atoms with van der Waals surface area (Å²) in [5, 5.41) is 9.85. The van der Waals surface area contributed by atoms with Gasteiger partial charge in [0.05, 0.1) is 55.6 Å². The van der Waals surface area contributed by atoms with Gasteiger partial charge in [0.25, 0.3) is 0 Å². The van der Waals surface area contributed by atoms with Gasteiger partial charge in [0, 0.05) is 69.2 Å². The van der Waals surface area contributed by atoms with E-state index in [4.69, 9.17) is 60.8 Å². The average molecular weight is 1970 g/mol. The number of aromatic nitrogens is 18. The van der Waals surface area contributed by atoms with Crippen LogP contribution in [0.25, 0.3) is 104 Å². The molecule has 0 atom stereocenters. The van der Waals surface area contributed by atoms with Crippen LogP contribution in [0.5, 0.6) is 6.01 Å². The zero-order valence-electron chi connectivity index (χ0n) is 77.0. The second-order valence-corrected chi connectivity index (χ2v) is 43.1. The summed E-state index contributed by atoms with van der Waals surface area (Å²) in [4.78, 5) is 93.8. The van der Waals surface area contributed by atoms with E-state index in [9.17, 15) is 8.42 Å². The maximum absolute atomic E-state index is 11.3. The fourth-order valence-electron chi connectivity index (χ4n) is 13.2. The number of nitrogen functional groups attached to an aromatic ring is 9. The van der Waals surface area contributed by atoms with Gasteiger partial charge in [0.15, 0.2) is 16.1 Å². The number of ether oxygens (including phenoxy) is 1. The van der Waals surface area contributed by atoms with E-state index in [-0.39, 0.29) is 18.4 Å². The Kier molecular flexibility index (Phi) is 33.5. The number of sulfone groups is 1. The minimum atomic E-state index is -3.42. The van der Waals surface area contributed by atoms with E-state index in [1.54, 1.807) is 79.4 Å². The third-order valence-electron chi connectivity index (χ3n) is 21.3. The maximum atomic E-state index is 11.3. The van der Waals surface area contributed by atoms with Crippen LogP contribution in [0.1, 0.15) is 140 Å². The van der Waals surface area contributed by atoms with E-state index in [2.05, 4.69) is 173 Å². The van der Waals surface area contributed by atoms with Crippen LogP contribution in [0, 0.1) is 132 Å². The Morgan fingerprint density at radius 1 is 0.359 bits per heavy atom. The fraction of sp³-hybridized carbons (Fsp3) is 0.326. The Hall–Kier alpha value is -11.2. The summed E-state index contributed by atoms with van der Waals surface area (Å²) in [7, 11) is -1.88. The number of thioether (sulfide) groups is 2. The lowest BCUT2D eigenvalue weighted by Gasteiger charge is -2.03. The van der Waals surface area contributed by atoms with Crippen molar-refractivity contribution in [2.24, 2.45) is 0 Å². The van der Waals surface area contributed by atoms with Gasteiger partial charge in [0.2, 0.25) is 20.7 Å². The quantitative estimate of drug-likeness (QED) is 0.0504. The number of hydrogen-bond acceptors (Lipinski definition) is 41. The highest BCUT2D eigenvalue weighted by Crippen LogP contribution is 2.41. The van der Waals surface area contributed by atoms with Crippen molar-refractivity contribution in [3.8, 4) is 17.4 Å². The first-order valence-corrected chi connectivity index (χ1v) is 51.3. The molecule has 0 amide bonds. The molecule has 18 heterocycles. The normalized spacial score (nSPS) is 11.1. The van der Waals surface area contributed by atoms with E-state index in [0.717, 1.165) is 163 Å². The van der Waals surface area contributed by atoms with E-state index in [1.807, 2.05) is 105 Å². The first-order chi connectivity index (χ1) is 61.4. The summed E-state index contributed by atoms with van der Waals surface area (Å²) in [5.41, 5.74) is 64.8. The van der Waals surface area contributed by atoms with Gasteiger partial charge in [-0.1, -0.05) is 75.1 Å². The number of methoxy groups -OCH3 is 1. The van der Waals surface area contributed by atoms with Crippen LogP contribution in [0.3, 0.4) is 0 Å². The molecule has 0 aliphatic heterocycles. The van der Waals surface area contributed by atoms with Gasteiger partial charge in [-0.3, -0.25) is 0 Å². The SMILES string of the molecule is C.CCCc1nc(N)c2c(C)c(C)sc2n1.CCc1nc(N)c2c(C)c(C)sc2n1.COc1nc(N)c2c(C)c(C)sc2n1.CSc1nc(N)c2c(C)c(C)oc2n1.CSc1nc(N)c2c(C)c(C)sc2n1.Cc1nc(N)c2c(C)c(C)sc2n1.Cc1sc2nc(-c3ccccc3)nc(N)c2c1C.Cc1sc2nc(S(C)(=O)=O)nc(N)c2c1C.Cc1sc2ncnc(N)c2c1C. The number of benzene rings is 1. The third-order valence-corrected chi connectivity index (χ3v) is 32.0. The van der Waals surface area contributed by atoms with Gasteiger partial charge in [0.1, 0.15) is 121 Å². The van der Waals surface area contributed by atoms with Gasteiger partial charge < -0.3 is 60.8 Å². The van der Waals surface area contributed by atoms with Crippen LogP contribution < -0.4 is 56.3 Å². The number of aryl methyl sites for hydroxylation is 21. The zero-order valence-corrected chi connectivity index (χ0v) is 85.9. The van der Waals surface area contributed by atoms with Crippen molar-refractivity contribution < 1.29 is 17.6 Å². The van der Waals surface area contributed by atoms with Crippen LogP contribution in [-0.2, 0) is 22.7 Å². The Balaban J connectivity index is 0.000000153. The molecule has 0 aliphatic carbocycles. The lowest BCUT2D eigenvalue weighted by molar-refractivity contribution is 0.382. The minimum Gasteiger partial charge on any atom is -0.467 e. The number of rotatable bonds is 8. The lowest BCUT2D eigenvalue weighted by Crippen LogP contribution is -2.06. The molecule has 18 N–H and O–H groups in total. The highest BCUT2D eigenvalue weighted by atomic mass is 32.2. The lowest BCUT2D eigenvalue weighted by atomic mass is 10.2. The Labute approximate surface area is 801 Å². The van der Waals surface area contributed by atoms with Gasteiger partial charge in [-0.25, -0.2) is 83.2 Å². The van der Waals surface area contributed by atoms with Crippen LogP contribution in [0.2, 0.25) is 0 Å². The van der Waals surface area contributed by atoms with Gasteiger partial charge in [-0.15, -0.1) is 90.7 Å². The van der Waals surface area contributed by atoms with E-state index < -0.39 is 9.84 Å². The molecule has 19 rings (SSSR count). The van der Waals surface area contributed by atoms with Crippen LogP contribution in [0.15, 0.2) is 56.5 Å². The molecule has 0 spiro atoms. The summed E-state index contributed by atoms with van der Waals surface area (Å²) in [5.74, 6) is 8.80. The standard InChI is InChI=1S/C14H13N3S.C11H15N3S.C10H13N3S.C9H11N3O2S2.2C9H11N3OS.C9H11N3S2.C9H11N3S.C8H9N3S.CH4/c1-8-9(2)18-14-11(8)12(15)16-13(17-14)10-6-4-3-5-7-10;1-4-5-8-13-10(12)9-6(2)7(3)15-11(9)14-8;1-4-7-12-9(11)8-5(2)6(3)14-10(8)13-7;1-4-5(2)15-8-6(4)7(10)11-9(12-8)16(3,13)14;1-4-5(2)13-8-6(4)7(10)11-9(12-8)14-3;2*1-4-5(2)14-8-6(4)7(10)11-9(12-8)13-3;1-4-5(2)13-9-7(4)8(10)11-6(3)12-9;1-4-5(2)12-8-6(4)7(9)10-3-11-8;/h3-7H,1-2H3,(H2,15,16,17);4-5H2,1-3H3,(H2,12,13,14);4H2,1-3H3,(H2,11,12,13);1-3H3,(H2,10,11,12);3*1-3H3,(H2,10,11,12);1-3H3,(H2,10,11,12);3H,1-2H3,(H2,9,10,11);1H4. The summed E-state index contributed by atoms with van der Waals surface area (Å²) >= 11 is 16.1. The van der Waals surface area contributed by atoms with Gasteiger partial charge >= 0.3 is 6.01 Å². The number of fused-ring (bicyclic) bond motifs is 9. The third kappa shape index (κ3) is 22.6. The molecule has 0 saturated carbocycles. The van der Waals surface area contributed by atoms with Crippen molar-refractivity contribution in [3.05, 3.63) is 149 Å². The predicted molar refractivity (Wildman–Crippen MR) is 560 cm³/mol. The van der Waals surface area contributed by atoms with Gasteiger partial charge in [-0.2, -0.15) is 15.0 Å². The molecule has 0 fully saturated rings. The van der Waals surface area contributed by atoms with Crippen molar-refractivity contribution in [2.45, 2.75) is 188 Å². The van der Waals surface area contributed by atoms with Crippen molar-refractivity contribution in [3.63, 3.8) is 0 Å². The van der Waals surface area contributed by atoms with E-state index >= 15 is 0 Å². The number of hydrogen-bond donors (Lipinski definition) is 9. The maximum Gasteiger partial charge on any atom is 0.319 e. The molecule has 131 heavy (non-hydrogen) atoms. The predicted octanol–water partition coefficient (Wildman–Crippen LogP) is 21.5. The smallest absolute Gasteiger partial charge is 0.319 e. The number of nitrogens with zero attached hydrogens (tertiary/aromatic N) is 18. The molecule has 0 unspecified atom stereocenters. The molecule has 19 aromatic rings. The first-order valence-electron chi connectivity index (χ1n) is 40.5. The fourth-order valence-corrected chi connectivity index (χ4v) is 22.9. The Morgan fingerprint density at radius 3 is 1.14 bits per heavy atom. The molecule has 1 aromatic carbocycles. The first kappa shape index (κ1) is 102. The van der Waals surface area contributed by atoms with Crippen molar-refractivity contribution in [1.82, 2.24) is 89.7 Å². The van der Waals surface area contributed by atoms with Crippen molar-refractivity contribution in [1.29, 1.82) is 0 Å². The Bertz CT molecular complexity index is 7190. The second kappa shape index (κ2) is 43.0. The molecule has 0 aliphatic rings. The molecule has 0 bridgehead atoms. The van der Waals surface area contributed by atoms with Crippen LogP contribution in [0.4, 0.5) is 52.4 Å². The van der Waals surface area contributed by atoms with E-state index in [1.165, 1.54) is 116 Å². The van der Waals surface area contributed by atoms with Gasteiger partial charge in [-0.05, 0) is 195 Å². The molecular weight excluding hydrogens is 1860 g/mol. The second-order valence-electron chi connectivity index (χ2n) is 30.0. The van der Waals surface area contributed by atoms with E-state index in [0.29, 0.717) is 74.1 Å². The van der Waals surface area contributed by atoms with Crippen molar-refractivity contribution >= 4 is 269 Å². The molecular formula is C89H109N27O4S11. The highest BCUT2D eigenvalue weighted by molar-refractivity contribution is 7.98. The molecule has 31 nitrogen and oxygen atoms in total. The zero-order chi connectivity index (χ0) is 95.3.